The van der Waals surface area contributed by atoms with E-state index in [0.717, 1.165) is 12.0 Å². The molecule has 1 amide bonds. The lowest BCUT2D eigenvalue weighted by Crippen LogP contribution is -2.45. The monoisotopic (exact) mass is 248 g/mol. The van der Waals surface area contributed by atoms with Crippen molar-refractivity contribution in [3.63, 3.8) is 0 Å². The molecule has 1 fully saturated rings. The summed E-state index contributed by atoms with van der Waals surface area (Å²) < 4.78 is 5.57. The van der Waals surface area contributed by atoms with Crippen LogP contribution >= 0.6 is 0 Å². The van der Waals surface area contributed by atoms with E-state index in [0.29, 0.717) is 30.9 Å². The first-order valence-electron chi connectivity index (χ1n) is 6.39. The van der Waals surface area contributed by atoms with Crippen LogP contribution < -0.4 is 5.73 Å². The van der Waals surface area contributed by atoms with Crippen LogP contribution in [-0.2, 0) is 4.74 Å². The van der Waals surface area contributed by atoms with Crippen molar-refractivity contribution < 1.29 is 9.53 Å². The summed E-state index contributed by atoms with van der Waals surface area (Å²) in [6, 6.07) is 5.58. The topological polar surface area (TPSA) is 55.6 Å². The van der Waals surface area contributed by atoms with E-state index in [4.69, 9.17) is 10.5 Å². The molecule has 2 N–H and O–H groups in total. The average molecular weight is 248 g/mol. The second-order valence-electron chi connectivity index (χ2n) is 4.69. The molecule has 18 heavy (non-hydrogen) atoms. The first-order valence-corrected chi connectivity index (χ1v) is 6.39. The number of hydrogen-bond acceptors (Lipinski definition) is 3. The smallest absolute Gasteiger partial charge is 0.256 e. The maximum absolute atomic E-state index is 12.4. The Morgan fingerprint density at radius 1 is 1.56 bits per heavy atom. The van der Waals surface area contributed by atoms with Crippen LogP contribution in [-0.4, -0.2) is 36.6 Å². The highest BCUT2D eigenvalue weighted by Gasteiger charge is 2.25. The number of nitrogen functional groups attached to an aromatic ring is 1. The molecule has 1 aromatic rings. The van der Waals surface area contributed by atoms with Crippen LogP contribution in [0, 0.1) is 6.92 Å². The Morgan fingerprint density at radius 3 is 3.06 bits per heavy atom. The van der Waals surface area contributed by atoms with Gasteiger partial charge in [0.25, 0.3) is 5.91 Å². The Kier molecular flexibility index (Phi) is 3.87. The van der Waals surface area contributed by atoms with Gasteiger partial charge in [0.1, 0.15) is 0 Å². The molecule has 4 nitrogen and oxygen atoms in total. The van der Waals surface area contributed by atoms with E-state index in [9.17, 15) is 4.79 Å². The van der Waals surface area contributed by atoms with Crippen molar-refractivity contribution >= 4 is 11.6 Å². The molecule has 0 radical (unpaired) electrons. The summed E-state index contributed by atoms with van der Waals surface area (Å²) in [6.07, 6.45) is 1.07. The minimum absolute atomic E-state index is 0.0120. The summed E-state index contributed by atoms with van der Waals surface area (Å²) in [4.78, 5) is 14.3. The zero-order chi connectivity index (χ0) is 13.1. The van der Waals surface area contributed by atoms with Crippen LogP contribution in [0.15, 0.2) is 18.2 Å². The van der Waals surface area contributed by atoms with Crippen LogP contribution in [0.3, 0.4) is 0 Å². The number of aryl methyl sites for hydroxylation is 1. The number of carbonyl (C=O) groups is 1. The molecule has 1 saturated heterocycles. The lowest BCUT2D eigenvalue weighted by atomic mass is 10.1. The number of carbonyl (C=O) groups excluding carboxylic acids is 1. The predicted octanol–water partition coefficient (Wildman–Crippen LogP) is 1.83. The van der Waals surface area contributed by atoms with Crippen molar-refractivity contribution in [2.75, 3.05) is 25.4 Å². The second-order valence-corrected chi connectivity index (χ2v) is 4.69. The SMILES string of the molecule is CCC1CN(C(=O)c2cccc(C)c2N)CCO1. The number of nitrogens with two attached hydrogens (primary N) is 1. The van der Waals surface area contributed by atoms with Gasteiger partial charge in [0.15, 0.2) is 0 Å². The molecule has 1 aliphatic heterocycles. The molecule has 2 rings (SSSR count). The Bertz CT molecular complexity index is 445. The number of rotatable bonds is 2. The Labute approximate surface area is 108 Å². The van der Waals surface area contributed by atoms with E-state index in [1.807, 2.05) is 24.0 Å². The molecule has 0 spiro atoms. The van der Waals surface area contributed by atoms with Gasteiger partial charge in [-0.05, 0) is 25.0 Å². The van der Waals surface area contributed by atoms with Crippen molar-refractivity contribution in [2.45, 2.75) is 26.4 Å². The van der Waals surface area contributed by atoms with E-state index < -0.39 is 0 Å². The first kappa shape index (κ1) is 12.9. The van der Waals surface area contributed by atoms with Crippen molar-refractivity contribution in [3.05, 3.63) is 29.3 Å². The summed E-state index contributed by atoms with van der Waals surface area (Å²) in [5.74, 6) is 0.0120. The van der Waals surface area contributed by atoms with Crippen LogP contribution in [0.2, 0.25) is 0 Å². The van der Waals surface area contributed by atoms with E-state index in [2.05, 4.69) is 6.92 Å². The molecule has 0 aromatic heterocycles. The summed E-state index contributed by atoms with van der Waals surface area (Å²) in [6.45, 7) is 5.89. The molecule has 1 unspecified atom stereocenters. The molecular weight excluding hydrogens is 228 g/mol. The van der Waals surface area contributed by atoms with Gasteiger partial charge in [-0.15, -0.1) is 0 Å². The standard InChI is InChI=1S/C14H20N2O2/c1-3-11-9-16(7-8-18-11)14(17)12-6-4-5-10(2)13(12)15/h4-6,11H,3,7-9,15H2,1-2H3. The van der Waals surface area contributed by atoms with Crippen LogP contribution in [0.4, 0.5) is 5.69 Å². The normalized spacial score (nSPS) is 19.9. The van der Waals surface area contributed by atoms with Gasteiger partial charge in [-0.3, -0.25) is 4.79 Å². The Hall–Kier alpha value is -1.55. The van der Waals surface area contributed by atoms with Gasteiger partial charge in [0, 0.05) is 18.8 Å². The van der Waals surface area contributed by atoms with Gasteiger partial charge >= 0.3 is 0 Å². The average Bonchev–Trinajstić information content (AvgIpc) is 2.41. The van der Waals surface area contributed by atoms with Crippen molar-refractivity contribution in [3.8, 4) is 0 Å². The molecule has 1 aliphatic rings. The van der Waals surface area contributed by atoms with Gasteiger partial charge in [-0.25, -0.2) is 0 Å². The zero-order valence-corrected chi connectivity index (χ0v) is 11.0. The van der Waals surface area contributed by atoms with Gasteiger partial charge in [0.05, 0.1) is 18.3 Å². The lowest BCUT2D eigenvalue weighted by Gasteiger charge is -2.32. The van der Waals surface area contributed by atoms with Crippen LogP contribution in [0.25, 0.3) is 0 Å². The maximum Gasteiger partial charge on any atom is 0.256 e. The number of amides is 1. The summed E-state index contributed by atoms with van der Waals surface area (Å²) in [7, 11) is 0. The molecule has 0 bridgehead atoms. The Balaban J connectivity index is 2.18. The van der Waals surface area contributed by atoms with Crippen molar-refractivity contribution in [1.82, 2.24) is 4.90 Å². The molecule has 0 saturated carbocycles. The number of anilines is 1. The van der Waals surface area contributed by atoms with E-state index >= 15 is 0 Å². The van der Waals surface area contributed by atoms with Gasteiger partial charge in [-0.1, -0.05) is 19.1 Å². The number of hydrogen-bond donors (Lipinski definition) is 1. The third-order valence-corrected chi connectivity index (χ3v) is 3.44. The molecular formula is C14H20N2O2. The molecule has 1 heterocycles. The number of para-hydroxylation sites is 1. The van der Waals surface area contributed by atoms with Crippen LogP contribution in [0.1, 0.15) is 29.3 Å². The van der Waals surface area contributed by atoms with Crippen molar-refractivity contribution in [1.29, 1.82) is 0 Å². The highest BCUT2D eigenvalue weighted by Crippen LogP contribution is 2.20. The summed E-state index contributed by atoms with van der Waals surface area (Å²) >= 11 is 0. The molecule has 98 valence electrons. The molecule has 0 aliphatic carbocycles. The highest BCUT2D eigenvalue weighted by molar-refractivity contribution is 5.99. The third-order valence-electron chi connectivity index (χ3n) is 3.44. The minimum atomic E-state index is 0.0120. The Morgan fingerprint density at radius 2 is 2.33 bits per heavy atom. The third kappa shape index (κ3) is 2.48. The fraction of sp³-hybridized carbons (Fsp3) is 0.500. The quantitative estimate of drug-likeness (QED) is 0.812. The van der Waals surface area contributed by atoms with Gasteiger partial charge in [0.2, 0.25) is 0 Å². The number of benzene rings is 1. The molecule has 4 heteroatoms. The first-order chi connectivity index (χ1) is 8.63. The summed E-state index contributed by atoms with van der Waals surface area (Å²) in [5.41, 5.74) is 8.11. The van der Waals surface area contributed by atoms with Gasteiger partial charge in [-0.2, -0.15) is 0 Å². The highest BCUT2D eigenvalue weighted by atomic mass is 16.5. The largest absolute Gasteiger partial charge is 0.398 e. The van der Waals surface area contributed by atoms with E-state index in [1.165, 1.54) is 0 Å². The fourth-order valence-corrected chi connectivity index (χ4v) is 2.19. The second kappa shape index (κ2) is 5.40. The van der Waals surface area contributed by atoms with E-state index in [-0.39, 0.29) is 12.0 Å². The molecule has 1 aromatic carbocycles. The fourth-order valence-electron chi connectivity index (χ4n) is 2.19. The van der Waals surface area contributed by atoms with E-state index in [1.54, 1.807) is 6.07 Å². The lowest BCUT2D eigenvalue weighted by molar-refractivity contribution is -0.0225. The van der Waals surface area contributed by atoms with Crippen molar-refractivity contribution in [2.24, 2.45) is 0 Å². The number of ether oxygens (including phenoxy) is 1. The number of nitrogens with zero attached hydrogens (tertiary/aromatic N) is 1. The van der Waals surface area contributed by atoms with Crippen LogP contribution in [0.5, 0.6) is 0 Å². The summed E-state index contributed by atoms with van der Waals surface area (Å²) in [5, 5.41) is 0. The predicted molar refractivity (Wildman–Crippen MR) is 71.5 cm³/mol. The minimum Gasteiger partial charge on any atom is -0.398 e. The maximum atomic E-state index is 12.4. The number of morpholine rings is 1. The zero-order valence-electron chi connectivity index (χ0n) is 11.0. The molecule has 1 atom stereocenters. The van der Waals surface area contributed by atoms with Gasteiger partial charge < -0.3 is 15.4 Å².